The third kappa shape index (κ3) is 2.04. The van der Waals surface area contributed by atoms with Crippen LogP contribution >= 0.6 is 0 Å². The molecule has 0 fully saturated rings. The molecule has 5 nitrogen and oxygen atoms in total. The van der Waals surface area contributed by atoms with E-state index in [9.17, 15) is 0 Å². The molecular formula is C7H7N5. The molecule has 0 aliphatic rings. The smallest absolute Gasteiger partial charge is 0.133 e. The van der Waals surface area contributed by atoms with Crippen LogP contribution in [0.25, 0.3) is 10.4 Å². The first-order chi connectivity index (χ1) is 5.84. The molecule has 1 heterocycles. The van der Waals surface area contributed by atoms with E-state index in [1.54, 1.807) is 6.33 Å². The van der Waals surface area contributed by atoms with Crippen molar-refractivity contribution >= 4 is 0 Å². The van der Waals surface area contributed by atoms with Crippen molar-refractivity contribution in [3.63, 3.8) is 0 Å². The topological polar surface area (TPSA) is 77.4 Å². The molecule has 0 spiro atoms. The van der Waals surface area contributed by atoms with Crippen LogP contribution in [0.3, 0.4) is 0 Å². The zero-order valence-electron chi connectivity index (χ0n) is 6.57. The summed E-state index contributed by atoms with van der Waals surface area (Å²) in [6.45, 7) is 2.06. The number of imidazole rings is 1. The molecule has 1 N–H and O–H groups in total. The molecule has 0 amide bonds. The zero-order valence-corrected chi connectivity index (χ0v) is 6.57. The average Bonchev–Trinajstić information content (AvgIpc) is 2.46. The highest BCUT2D eigenvalue weighted by Crippen LogP contribution is 1.96. The molecule has 60 valence electrons. The second-order valence-electron chi connectivity index (χ2n) is 2.07. The maximum absolute atomic E-state index is 7.95. The van der Waals surface area contributed by atoms with Crippen LogP contribution in [0.1, 0.15) is 11.4 Å². The molecule has 12 heavy (non-hydrogen) atoms. The highest BCUT2D eigenvalue weighted by Gasteiger charge is 1.92. The minimum absolute atomic E-state index is 0.183. The second kappa shape index (κ2) is 4.06. The van der Waals surface area contributed by atoms with E-state index in [1.807, 2.05) is 6.92 Å². The summed E-state index contributed by atoms with van der Waals surface area (Å²) >= 11 is 0. The van der Waals surface area contributed by atoms with E-state index in [-0.39, 0.29) is 6.54 Å². The van der Waals surface area contributed by atoms with Gasteiger partial charge in [-0.3, -0.25) is 0 Å². The molecular weight excluding hydrogens is 154 g/mol. The quantitative estimate of drug-likeness (QED) is 0.287. The van der Waals surface area contributed by atoms with Crippen molar-refractivity contribution < 1.29 is 0 Å². The number of aromatic amines is 1. The standard InChI is InChI=1S/C7H7N5/c1-6-7(10-5-9-6)3-2-4-11-12-8/h5H,4H2,1H3,(H,9,10). The molecule has 0 saturated heterocycles. The molecule has 0 saturated carbocycles. The van der Waals surface area contributed by atoms with Crippen LogP contribution in [0.15, 0.2) is 11.4 Å². The number of azide groups is 1. The third-order valence-corrected chi connectivity index (χ3v) is 1.25. The molecule has 0 atom stereocenters. The van der Waals surface area contributed by atoms with Gasteiger partial charge in [-0.25, -0.2) is 4.98 Å². The Morgan fingerprint density at radius 2 is 2.67 bits per heavy atom. The summed E-state index contributed by atoms with van der Waals surface area (Å²) in [5.41, 5.74) is 9.56. The third-order valence-electron chi connectivity index (χ3n) is 1.25. The number of rotatable bonds is 1. The van der Waals surface area contributed by atoms with Gasteiger partial charge in [0.05, 0.1) is 12.9 Å². The lowest BCUT2D eigenvalue weighted by Gasteiger charge is -1.81. The SMILES string of the molecule is Cc1[nH]cnc1C#CCN=[N+]=[N-]. The van der Waals surface area contributed by atoms with Gasteiger partial charge in [0.2, 0.25) is 0 Å². The largest absolute Gasteiger partial charge is 0.348 e. The number of H-pyrrole nitrogens is 1. The van der Waals surface area contributed by atoms with Crippen molar-refractivity contribution in [1.29, 1.82) is 0 Å². The van der Waals surface area contributed by atoms with Crippen molar-refractivity contribution in [3.05, 3.63) is 28.2 Å². The fraction of sp³-hybridized carbons (Fsp3) is 0.286. The van der Waals surface area contributed by atoms with E-state index in [4.69, 9.17) is 5.53 Å². The van der Waals surface area contributed by atoms with Crippen molar-refractivity contribution in [2.45, 2.75) is 6.92 Å². The summed E-state index contributed by atoms with van der Waals surface area (Å²) in [6, 6.07) is 0. The average molecular weight is 161 g/mol. The Hall–Kier alpha value is -1.92. The summed E-state index contributed by atoms with van der Waals surface area (Å²) in [5, 5.41) is 3.27. The van der Waals surface area contributed by atoms with Crippen LogP contribution < -0.4 is 0 Å². The van der Waals surface area contributed by atoms with Crippen molar-refractivity contribution in [3.8, 4) is 11.8 Å². The molecule has 0 radical (unpaired) electrons. The Labute approximate surface area is 69.5 Å². The lowest BCUT2D eigenvalue weighted by atomic mass is 10.3. The van der Waals surface area contributed by atoms with Gasteiger partial charge in [0.15, 0.2) is 0 Å². The van der Waals surface area contributed by atoms with Gasteiger partial charge in [0.1, 0.15) is 5.69 Å². The van der Waals surface area contributed by atoms with Gasteiger partial charge in [-0.05, 0) is 18.4 Å². The zero-order chi connectivity index (χ0) is 8.81. The highest BCUT2D eigenvalue weighted by molar-refractivity contribution is 5.30. The first kappa shape index (κ1) is 8.18. The minimum atomic E-state index is 0.183. The molecule has 0 aliphatic carbocycles. The van der Waals surface area contributed by atoms with Crippen LogP contribution in [-0.2, 0) is 0 Å². The molecule has 0 aromatic carbocycles. The monoisotopic (exact) mass is 161 g/mol. The van der Waals surface area contributed by atoms with Crippen LogP contribution in [0.4, 0.5) is 0 Å². The molecule has 5 heteroatoms. The van der Waals surface area contributed by atoms with Crippen LogP contribution in [-0.4, -0.2) is 16.5 Å². The number of nitrogens with one attached hydrogen (secondary N) is 1. The fourth-order valence-corrected chi connectivity index (χ4v) is 0.675. The lowest BCUT2D eigenvalue weighted by molar-refractivity contribution is 1.24. The maximum atomic E-state index is 7.95. The number of nitrogens with zero attached hydrogens (tertiary/aromatic N) is 4. The van der Waals surface area contributed by atoms with Gasteiger partial charge < -0.3 is 4.98 Å². The Morgan fingerprint density at radius 1 is 1.83 bits per heavy atom. The second-order valence-corrected chi connectivity index (χ2v) is 2.07. The van der Waals surface area contributed by atoms with Crippen LogP contribution in [0, 0.1) is 18.8 Å². The van der Waals surface area contributed by atoms with Gasteiger partial charge in [-0.2, -0.15) is 0 Å². The fourth-order valence-electron chi connectivity index (χ4n) is 0.675. The van der Waals surface area contributed by atoms with E-state index < -0.39 is 0 Å². The summed E-state index contributed by atoms with van der Waals surface area (Å²) in [7, 11) is 0. The summed E-state index contributed by atoms with van der Waals surface area (Å²) in [4.78, 5) is 9.41. The van der Waals surface area contributed by atoms with Crippen LogP contribution in [0.2, 0.25) is 0 Å². The molecule has 1 rings (SSSR count). The van der Waals surface area contributed by atoms with Crippen molar-refractivity contribution in [2.24, 2.45) is 5.11 Å². The Bertz CT molecular complexity index is 361. The first-order valence-electron chi connectivity index (χ1n) is 3.34. The molecule has 1 aromatic heterocycles. The summed E-state index contributed by atoms with van der Waals surface area (Å²) in [6.07, 6.45) is 1.58. The van der Waals surface area contributed by atoms with Gasteiger partial charge >= 0.3 is 0 Å². The highest BCUT2D eigenvalue weighted by atomic mass is 15.1. The number of hydrogen-bond donors (Lipinski definition) is 1. The Morgan fingerprint density at radius 3 is 3.25 bits per heavy atom. The maximum Gasteiger partial charge on any atom is 0.133 e. The van der Waals surface area contributed by atoms with Crippen molar-refractivity contribution in [1.82, 2.24) is 9.97 Å². The van der Waals surface area contributed by atoms with Gasteiger partial charge in [0, 0.05) is 10.6 Å². The number of aromatic nitrogens is 2. The first-order valence-corrected chi connectivity index (χ1v) is 3.34. The van der Waals surface area contributed by atoms with Gasteiger partial charge in [-0.1, -0.05) is 11.0 Å². The van der Waals surface area contributed by atoms with Gasteiger partial charge in [-0.15, -0.1) is 0 Å². The predicted molar refractivity (Wildman–Crippen MR) is 44.2 cm³/mol. The molecule has 0 aliphatic heterocycles. The summed E-state index contributed by atoms with van der Waals surface area (Å²) < 4.78 is 0. The van der Waals surface area contributed by atoms with Crippen LogP contribution in [0.5, 0.6) is 0 Å². The van der Waals surface area contributed by atoms with E-state index in [1.165, 1.54) is 0 Å². The van der Waals surface area contributed by atoms with E-state index in [0.717, 1.165) is 5.69 Å². The Kier molecular flexibility index (Phi) is 2.77. The summed E-state index contributed by atoms with van der Waals surface area (Å²) in [5.74, 6) is 5.45. The van der Waals surface area contributed by atoms with E-state index in [0.29, 0.717) is 5.69 Å². The molecule has 0 bridgehead atoms. The van der Waals surface area contributed by atoms with E-state index in [2.05, 4.69) is 31.8 Å². The minimum Gasteiger partial charge on any atom is -0.348 e. The lowest BCUT2D eigenvalue weighted by Crippen LogP contribution is -1.78. The number of hydrogen-bond acceptors (Lipinski definition) is 2. The van der Waals surface area contributed by atoms with Crippen molar-refractivity contribution in [2.75, 3.05) is 6.54 Å². The van der Waals surface area contributed by atoms with Gasteiger partial charge in [0.25, 0.3) is 0 Å². The molecule has 1 aromatic rings. The predicted octanol–water partition coefficient (Wildman–Crippen LogP) is 1.38. The normalized spacial score (nSPS) is 8.08. The Balaban J connectivity index is 2.66. The number of aryl methyl sites for hydroxylation is 1. The molecule has 0 unspecified atom stereocenters. The van der Waals surface area contributed by atoms with E-state index >= 15 is 0 Å².